The van der Waals surface area contributed by atoms with Gasteiger partial charge in [0.15, 0.2) is 0 Å². The molecule has 0 aliphatic carbocycles. The molecule has 2 aliphatic rings. The lowest BCUT2D eigenvalue weighted by molar-refractivity contribution is 0.252. The Kier molecular flexibility index (Phi) is 4.54. The molecule has 0 saturated carbocycles. The molecule has 1 unspecified atom stereocenters. The highest BCUT2D eigenvalue weighted by Gasteiger charge is 2.23. The summed E-state index contributed by atoms with van der Waals surface area (Å²) in [6.07, 6.45) is 7.24. The molecule has 2 aliphatic heterocycles. The van der Waals surface area contributed by atoms with Crippen LogP contribution in [0.4, 0.5) is 5.95 Å². The van der Waals surface area contributed by atoms with Gasteiger partial charge in [-0.25, -0.2) is 9.97 Å². The van der Waals surface area contributed by atoms with Crippen molar-refractivity contribution in [3.05, 3.63) is 46.7 Å². The molecule has 1 aromatic carbocycles. The largest absolute Gasteiger partial charge is 0.492 e. The van der Waals surface area contributed by atoms with Crippen LogP contribution < -0.4 is 15.0 Å². The minimum absolute atomic E-state index is 0.241. The van der Waals surface area contributed by atoms with Crippen molar-refractivity contribution in [2.45, 2.75) is 31.8 Å². The Morgan fingerprint density at radius 3 is 2.79 bits per heavy atom. The van der Waals surface area contributed by atoms with Gasteiger partial charge in [0.2, 0.25) is 5.95 Å². The molecule has 1 atom stereocenters. The van der Waals surface area contributed by atoms with E-state index in [-0.39, 0.29) is 6.04 Å². The highest BCUT2D eigenvalue weighted by molar-refractivity contribution is 6.32. The van der Waals surface area contributed by atoms with Crippen LogP contribution in [0.25, 0.3) is 0 Å². The fourth-order valence-electron chi connectivity index (χ4n) is 3.36. The van der Waals surface area contributed by atoms with Crippen LogP contribution in [0.3, 0.4) is 0 Å². The van der Waals surface area contributed by atoms with Crippen LogP contribution >= 0.6 is 11.6 Å². The van der Waals surface area contributed by atoms with Crippen LogP contribution in [0, 0.1) is 0 Å². The number of aromatic nitrogens is 2. The van der Waals surface area contributed by atoms with E-state index < -0.39 is 0 Å². The molecular weight excluding hydrogens is 324 g/mol. The van der Waals surface area contributed by atoms with E-state index in [4.69, 9.17) is 16.3 Å². The highest BCUT2D eigenvalue weighted by Crippen LogP contribution is 2.37. The summed E-state index contributed by atoms with van der Waals surface area (Å²) < 4.78 is 5.71. The van der Waals surface area contributed by atoms with Gasteiger partial charge >= 0.3 is 0 Å². The Bertz CT molecular complexity index is 701. The van der Waals surface area contributed by atoms with Gasteiger partial charge in [-0.15, -0.1) is 0 Å². The molecule has 0 amide bonds. The molecule has 0 radical (unpaired) electrons. The summed E-state index contributed by atoms with van der Waals surface area (Å²) in [6, 6.07) is 6.16. The minimum atomic E-state index is 0.241. The zero-order chi connectivity index (χ0) is 16.4. The van der Waals surface area contributed by atoms with Crippen molar-refractivity contribution >= 4 is 17.5 Å². The molecule has 0 spiro atoms. The number of halogens is 1. The number of benzene rings is 1. The Hall–Kier alpha value is -1.85. The van der Waals surface area contributed by atoms with E-state index in [9.17, 15) is 0 Å². The average molecular weight is 345 g/mol. The van der Waals surface area contributed by atoms with Crippen molar-refractivity contribution < 1.29 is 4.74 Å². The first-order valence-corrected chi connectivity index (χ1v) is 8.89. The molecule has 24 heavy (non-hydrogen) atoms. The van der Waals surface area contributed by atoms with Crippen molar-refractivity contribution in [3.63, 3.8) is 0 Å². The lowest BCUT2D eigenvalue weighted by Gasteiger charge is -2.27. The van der Waals surface area contributed by atoms with E-state index in [0.29, 0.717) is 11.6 Å². The van der Waals surface area contributed by atoms with Gasteiger partial charge in [0.25, 0.3) is 0 Å². The summed E-state index contributed by atoms with van der Waals surface area (Å²) in [4.78, 5) is 11.3. The van der Waals surface area contributed by atoms with Gasteiger partial charge in [0, 0.05) is 55.6 Å². The number of nitrogens with zero attached hydrogens (tertiary/aromatic N) is 3. The van der Waals surface area contributed by atoms with Gasteiger partial charge in [-0.05, 0) is 18.9 Å². The molecule has 126 valence electrons. The third-order valence-corrected chi connectivity index (χ3v) is 4.96. The third kappa shape index (κ3) is 3.19. The standard InChI is InChI=1S/C18H21ClN4O/c19-15-5-3-4-14-16(6-9-24-17(14)15)20-10-13-11-21-18(22-12-13)23-7-1-2-8-23/h3-5,11-12,16,20H,1-2,6-10H2. The van der Waals surface area contributed by atoms with Crippen molar-refractivity contribution in [2.24, 2.45) is 0 Å². The van der Waals surface area contributed by atoms with Crippen LogP contribution in [0.5, 0.6) is 5.75 Å². The number of nitrogens with one attached hydrogen (secondary N) is 1. The number of fused-ring (bicyclic) bond motifs is 1. The second-order valence-corrected chi connectivity index (χ2v) is 6.72. The zero-order valence-corrected chi connectivity index (χ0v) is 14.3. The molecule has 1 aromatic heterocycles. The molecule has 3 heterocycles. The average Bonchev–Trinajstić information content (AvgIpc) is 3.15. The Morgan fingerprint density at radius 1 is 1.21 bits per heavy atom. The van der Waals surface area contributed by atoms with Gasteiger partial charge in [-0.1, -0.05) is 23.7 Å². The molecule has 1 saturated heterocycles. The van der Waals surface area contributed by atoms with Crippen molar-refractivity contribution in [2.75, 3.05) is 24.6 Å². The highest BCUT2D eigenvalue weighted by atomic mass is 35.5. The Labute approximate surface area is 147 Å². The first-order valence-electron chi connectivity index (χ1n) is 8.52. The first-order chi connectivity index (χ1) is 11.8. The lowest BCUT2D eigenvalue weighted by atomic mass is 10.0. The normalized spacial score (nSPS) is 19.9. The summed E-state index contributed by atoms with van der Waals surface area (Å²) in [5.41, 5.74) is 2.22. The number of hydrogen-bond donors (Lipinski definition) is 1. The second kappa shape index (κ2) is 6.95. The van der Waals surface area contributed by atoms with E-state index in [1.165, 1.54) is 12.8 Å². The number of rotatable bonds is 4. The molecule has 1 N–H and O–H groups in total. The number of anilines is 1. The van der Waals surface area contributed by atoms with Crippen molar-refractivity contribution in [3.8, 4) is 5.75 Å². The SMILES string of the molecule is Clc1cccc2c1OCCC2NCc1cnc(N2CCCC2)nc1. The number of para-hydroxylation sites is 1. The minimum Gasteiger partial charge on any atom is -0.492 e. The monoisotopic (exact) mass is 344 g/mol. The van der Waals surface area contributed by atoms with Gasteiger partial charge in [-0.3, -0.25) is 0 Å². The van der Waals surface area contributed by atoms with E-state index in [1.807, 2.05) is 24.5 Å². The van der Waals surface area contributed by atoms with Gasteiger partial charge in [0.1, 0.15) is 5.75 Å². The van der Waals surface area contributed by atoms with Gasteiger partial charge < -0.3 is 15.0 Å². The van der Waals surface area contributed by atoms with Crippen molar-refractivity contribution in [1.29, 1.82) is 0 Å². The number of ether oxygens (including phenoxy) is 1. The maximum Gasteiger partial charge on any atom is 0.225 e. The summed E-state index contributed by atoms with van der Waals surface area (Å²) in [7, 11) is 0. The zero-order valence-electron chi connectivity index (χ0n) is 13.5. The smallest absolute Gasteiger partial charge is 0.225 e. The predicted molar refractivity (Wildman–Crippen MR) is 94.6 cm³/mol. The van der Waals surface area contributed by atoms with E-state index >= 15 is 0 Å². The molecule has 1 fully saturated rings. The van der Waals surface area contributed by atoms with Gasteiger partial charge in [-0.2, -0.15) is 0 Å². The Balaban J connectivity index is 1.41. The van der Waals surface area contributed by atoms with Crippen LogP contribution in [-0.2, 0) is 6.54 Å². The predicted octanol–water partition coefficient (Wildman–Crippen LogP) is 3.34. The fraction of sp³-hybridized carbons (Fsp3) is 0.444. The molecule has 0 bridgehead atoms. The van der Waals surface area contributed by atoms with Crippen LogP contribution in [0.2, 0.25) is 5.02 Å². The Morgan fingerprint density at radius 2 is 2.00 bits per heavy atom. The second-order valence-electron chi connectivity index (χ2n) is 6.31. The summed E-state index contributed by atoms with van der Waals surface area (Å²) in [6.45, 7) is 3.55. The molecule has 4 rings (SSSR count). The molecular formula is C18H21ClN4O. The van der Waals surface area contributed by atoms with Crippen LogP contribution in [-0.4, -0.2) is 29.7 Å². The third-order valence-electron chi connectivity index (χ3n) is 4.66. The first kappa shape index (κ1) is 15.7. The molecule has 2 aromatic rings. The van der Waals surface area contributed by atoms with Gasteiger partial charge in [0.05, 0.1) is 11.6 Å². The maximum absolute atomic E-state index is 6.23. The maximum atomic E-state index is 6.23. The summed E-state index contributed by atoms with van der Waals surface area (Å²) in [5, 5.41) is 4.26. The van der Waals surface area contributed by atoms with Crippen LogP contribution in [0.1, 0.15) is 36.4 Å². The molecule has 5 nitrogen and oxygen atoms in total. The summed E-state index contributed by atoms with van der Waals surface area (Å²) >= 11 is 6.23. The fourth-order valence-corrected chi connectivity index (χ4v) is 3.60. The van der Waals surface area contributed by atoms with E-state index in [0.717, 1.165) is 48.9 Å². The quantitative estimate of drug-likeness (QED) is 0.921. The topological polar surface area (TPSA) is 50.3 Å². The molecule has 6 heteroatoms. The lowest BCUT2D eigenvalue weighted by Crippen LogP contribution is -2.27. The van der Waals surface area contributed by atoms with E-state index in [1.54, 1.807) is 0 Å². The van der Waals surface area contributed by atoms with E-state index in [2.05, 4.69) is 26.3 Å². The summed E-state index contributed by atoms with van der Waals surface area (Å²) in [5.74, 6) is 1.66. The van der Waals surface area contributed by atoms with Crippen molar-refractivity contribution in [1.82, 2.24) is 15.3 Å². The number of hydrogen-bond acceptors (Lipinski definition) is 5. The van der Waals surface area contributed by atoms with Crippen LogP contribution in [0.15, 0.2) is 30.6 Å².